The number of pyridine rings is 1. The molecule has 3 aromatic rings. The number of nitrogens with one attached hydrogen (secondary N) is 2. The van der Waals surface area contributed by atoms with Crippen LogP contribution in [-0.4, -0.2) is 24.7 Å². The Morgan fingerprint density at radius 1 is 1.36 bits per heavy atom. The van der Waals surface area contributed by atoms with Crippen LogP contribution in [0.3, 0.4) is 0 Å². The van der Waals surface area contributed by atoms with Gasteiger partial charge >= 0.3 is 0 Å². The van der Waals surface area contributed by atoms with Gasteiger partial charge in [0.25, 0.3) is 5.56 Å². The van der Waals surface area contributed by atoms with Crippen LogP contribution >= 0.6 is 0 Å². The fraction of sp³-hybridized carbons (Fsp3) is 0.333. The van der Waals surface area contributed by atoms with Crippen LogP contribution in [0.15, 0.2) is 35.5 Å². The fourth-order valence-electron chi connectivity index (χ4n) is 2.22. The van der Waals surface area contributed by atoms with Gasteiger partial charge in [0.15, 0.2) is 5.65 Å². The molecule has 3 heterocycles. The molecular weight excluding hydrogens is 280 g/mol. The molecule has 7 nitrogen and oxygen atoms in total. The maximum absolute atomic E-state index is 12.1. The minimum absolute atomic E-state index is 0.186. The number of H-pyrrole nitrogens is 1. The smallest absolute Gasteiger partial charge is 0.263 e. The number of rotatable bonds is 5. The molecule has 0 amide bonds. The minimum Gasteiger partial charge on any atom is -0.352 e. The highest BCUT2D eigenvalue weighted by atomic mass is 16.1. The molecule has 3 rings (SSSR count). The molecule has 0 saturated carbocycles. The molecule has 0 radical (unpaired) electrons. The van der Waals surface area contributed by atoms with Crippen LogP contribution in [-0.2, 0) is 13.1 Å². The third-order valence-electron chi connectivity index (χ3n) is 3.23. The Bertz CT molecular complexity index is 821. The van der Waals surface area contributed by atoms with Crippen molar-refractivity contribution in [3.05, 3.63) is 46.6 Å². The number of anilines is 1. The average Bonchev–Trinajstić information content (AvgIpc) is 2.89. The Labute approximate surface area is 127 Å². The van der Waals surface area contributed by atoms with Crippen molar-refractivity contribution >= 4 is 17.0 Å². The zero-order chi connectivity index (χ0) is 15.5. The summed E-state index contributed by atoms with van der Waals surface area (Å²) in [6.45, 7) is 5.47. The standard InChI is InChI=1S/C15H18N6O/c1-10(2)9-21-13-12(8-18-21)14(22)20-15(19-13)17-7-11-4-3-5-16-6-11/h3-6,8,10H,7,9H2,1-2H3,(H2,17,19,20,22). The van der Waals surface area contributed by atoms with Gasteiger partial charge in [0.05, 0.1) is 6.20 Å². The van der Waals surface area contributed by atoms with E-state index in [0.29, 0.717) is 29.4 Å². The summed E-state index contributed by atoms with van der Waals surface area (Å²) in [5.41, 5.74) is 1.43. The zero-order valence-corrected chi connectivity index (χ0v) is 12.6. The van der Waals surface area contributed by atoms with E-state index >= 15 is 0 Å². The molecule has 0 aliphatic heterocycles. The highest BCUT2D eigenvalue weighted by molar-refractivity contribution is 5.74. The van der Waals surface area contributed by atoms with Crippen LogP contribution in [0.2, 0.25) is 0 Å². The monoisotopic (exact) mass is 298 g/mol. The normalized spacial score (nSPS) is 11.2. The van der Waals surface area contributed by atoms with Crippen LogP contribution < -0.4 is 10.9 Å². The van der Waals surface area contributed by atoms with E-state index < -0.39 is 0 Å². The van der Waals surface area contributed by atoms with E-state index in [9.17, 15) is 4.79 Å². The van der Waals surface area contributed by atoms with Gasteiger partial charge in [-0.2, -0.15) is 10.1 Å². The number of aromatic nitrogens is 5. The van der Waals surface area contributed by atoms with Gasteiger partial charge in [0, 0.05) is 25.5 Å². The summed E-state index contributed by atoms with van der Waals surface area (Å²) < 4.78 is 1.77. The predicted molar refractivity (Wildman–Crippen MR) is 84.6 cm³/mol. The molecule has 0 aromatic carbocycles. The lowest BCUT2D eigenvalue weighted by atomic mass is 10.2. The molecule has 2 N–H and O–H groups in total. The molecule has 0 fully saturated rings. The minimum atomic E-state index is -0.186. The van der Waals surface area contributed by atoms with E-state index in [-0.39, 0.29) is 5.56 Å². The Kier molecular flexibility index (Phi) is 3.86. The first kappa shape index (κ1) is 14.2. The van der Waals surface area contributed by atoms with E-state index in [1.165, 1.54) is 0 Å². The second-order valence-corrected chi connectivity index (χ2v) is 5.59. The number of hydrogen-bond acceptors (Lipinski definition) is 5. The predicted octanol–water partition coefficient (Wildman–Crippen LogP) is 1.78. The largest absolute Gasteiger partial charge is 0.352 e. The quantitative estimate of drug-likeness (QED) is 0.749. The van der Waals surface area contributed by atoms with Gasteiger partial charge in [0.2, 0.25) is 5.95 Å². The molecule has 3 aromatic heterocycles. The Hall–Kier alpha value is -2.70. The molecule has 0 spiro atoms. The van der Waals surface area contributed by atoms with Gasteiger partial charge in [-0.3, -0.25) is 14.8 Å². The number of hydrogen-bond donors (Lipinski definition) is 2. The molecule has 0 unspecified atom stereocenters. The van der Waals surface area contributed by atoms with Gasteiger partial charge in [-0.1, -0.05) is 19.9 Å². The van der Waals surface area contributed by atoms with E-state index in [0.717, 1.165) is 12.1 Å². The van der Waals surface area contributed by atoms with Gasteiger partial charge < -0.3 is 5.32 Å². The van der Waals surface area contributed by atoms with Crippen LogP contribution in [0.5, 0.6) is 0 Å². The maximum atomic E-state index is 12.1. The summed E-state index contributed by atoms with van der Waals surface area (Å²) in [6, 6.07) is 3.83. The Balaban J connectivity index is 1.88. The molecule has 0 aliphatic carbocycles. The van der Waals surface area contributed by atoms with Crippen LogP contribution in [0, 0.1) is 5.92 Å². The lowest BCUT2D eigenvalue weighted by molar-refractivity contribution is 0.492. The Morgan fingerprint density at radius 3 is 2.95 bits per heavy atom. The van der Waals surface area contributed by atoms with E-state index in [1.807, 2.05) is 12.1 Å². The lowest BCUT2D eigenvalue weighted by Crippen LogP contribution is -2.14. The molecular formula is C15H18N6O. The second-order valence-electron chi connectivity index (χ2n) is 5.59. The van der Waals surface area contributed by atoms with Crippen molar-refractivity contribution in [1.29, 1.82) is 0 Å². The molecule has 114 valence electrons. The van der Waals surface area contributed by atoms with E-state index in [2.05, 4.69) is 39.2 Å². The number of fused-ring (bicyclic) bond motifs is 1. The number of nitrogens with zero attached hydrogens (tertiary/aromatic N) is 4. The highest BCUT2D eigenvalue weighted by Gasteiger charge is 2.10. The van der Waals surface area contributed by atoms with Crippen molar-refractivity contribution in [3.63, 3.8) is 0 Å². The second kappa shape index (κ2) is 5.97. The molecule has 22 heavy (non-hydrogen) atoms. The fourth-order valence-corrected chi connectivity index (χ4v) is 2.22. The van der Waals surface area contributed by atoms with Crippen molar-refractivity contribution in [1.82, 2.24) is 24.7 Å². The first-order valence-electron chi connectivity index (χ1n) is 7.22. The lowest BCUT2D eigenvalue weighted by Gasteiger charge is -2.08. The van der Waals surface area contributed by atoms with Crippen LogP contribution in [0.4, 0.5) is 5.95 Å². The van der Waals surface area contributed by atoms with Crippen molar-refractivity contribution < 1.29 is 0 Å². The van der Waals surface area contributed by atoms with Gasteiger partial charge in [0.1, 0.15) is 5.39 Å². The van der Waals surface area contributed by atoms with Crippen molar-refractivity contribution in [2.45, 2.75) is 26.9 Å². The summed E-state index contributed by atoms with van der Waals surface area (Å²) in [7, 11) is 0. The summed E-state index contributed by atoms with van der Waals surface area (Å²) in [5, 5.41) is 7.88. The molecule has 7 heteroatoms. The zero-order valence-electron chi connectivity index (χ0n) is 12.6. The molecule has 0 bridgehead atoms. The van der Waals surface area contributed by atoms with Crippen molar-refractivity contribution in [2.75, 3.05) is 5.32 Å². The van der Waals surface area contributed by atoms with E-state index in [1.54, 1.807) is 23.3 Å². The summed E-state index contributed by atoms with van der Waals surface area (Å²) in [6.07, 6.45) is 5.06. The SMILES string of the molecule is CC(C)Cn1ncc2c(=O)[nH]c(NCc3cccnc3)nc21. The summed E-state index contributed by atoms with van der Waals surface area (Å²) >= 11 is 0. The summed E-state index contributed by atoms with van der Waals surface area (Å²) in [5.74, 6) is 0.864. The highest BCUT2D eigenvalue weighted by Crippen LogP contribution is 2.11. The molecule has 0 aliphatic rings. The van der Waals surface area contributed by atoms with Crippen LogP contribution in [0.1, 0.15) is 19.4 Å². The van der Waals surface area contributed by atoms with E-state index in [4.69, 9.17) is 0 Å². The first-order chi connectivity index (χ1) is 10.6. The van der Waals surface area contributed by atoms with Gasteiger partial charge in [-0.05, 0) is 17.5 Å². The van der Waals surface area contributed by atoms with Crippen molar-refractivity contribution in [2.24, 2.45) is 5.92 Å². The average molecular weight is 298 g/mol. The first-order valence-corrected chi connectivity index (χ1v) is 7.22. The van der Waals surface area contributed by atoms with Crippen molar-refractivity contribution in [3.8, 4) is 0 Å². The third-order valence-corrected chi connectivity index (χ3v) is 3.23. The topological polar surface area (TPSA) is 88.5 Å². The number of aromatic amines is 1. The van der Waals surface area contributed by atoms with Crippen LogP contribution in [0.25, 0.3) is 11.0 Å². The summed E-state index contributed by atoms with van der Waals surface area (Å²) in [4.78, 5) is 23.4. The maximum Gasteiger partial charge on any atom is 0.263 e. The Morgan fingerprint density at radius 2 is 2.23 bits per heavy atom. The van der Waals surface area contributed by atoms with Gasteiger partial charge in [-0.15, -0.1) is 0 Å². The third kappa shape index (κ3) is 2.98. The van der Waals surface area contributed by atoms with Gasteiger partial charge in [-0.25, -0.2) is 4.68 Å². The molecule has 0 saturated heterocycles. The molecule has 0 atom stereocenters.